The Morgan fingerprint density at radius 1 is 1.65 bits per heavy atom. The van der Waals surface area contributed by atoms with Gasteiger partial charge >= 0.3 is 5.91 Å². The number of aromatic nitrogens is 3. The molecular formula is C9H11N5O2S. The summed E-state index contributed by atoms with van der Waals surface area (Å²) in [6, 6.07) is 3.31. The molecule has 90 valence electrons. The number of carbonyl (C=O) groups excluding carboxylic acids is 1. The van der Waals surface area contributed by atoms with Gasteiger partial charge in [0.2, 0.25) is 0 Å². The Bertz CT molecular complexity index is 521. The Morgan fingerprint density at radius 2 is 2.47 bits per heavy atom. The first kappa shape index (κ1) is 11.7. The van der Waals surface area contributed by atoms with Gasteiger partial charge in [0.25, 0.3) is 0 Å². The van der Waals surface area contributed by atoms with E-state index in [1.54, 1.807) is 23.0 Å². The van der Waals surface area contributed by atoms with Gasteiger partial charge in [-0.2, -0.15) is 0 Å². The number of amides is 1. The predicted octanol–water partition coefficient (Wildman–Crippen LogP) is 0.304. The van der Waals surface area contributed by atoms with Crippen LogP contribution in [0.2, 0.25) is 0 Å². The lowest BCUT2D eigenvalue weighted by Gasteiger charge is -1.98. The molecule has 0 radical (unpaired) electrons. The Hall–Kier alpha value is -1.80. The molecular weight excluding hydrogens is 242 g/mol. The third-order valence-electron chi connectivity index (χ3n) is 2.03. The molecule has 2 rings (SSSR count). The maximum absolute atomic E-state index is 11.2. The van der Waals surface area contributed by atoms with Crippen LogP contribution < -0.4 is 11.3 Å². The van der Waals surface area contributed by atoms with E-state index in [0.717, 1.165) is 5.16 Å². The summed E-state index contributed by atoms with van der Waals surface area (Å²) < 4.78 is 7.11. The first-order valence-electron chi connectivity index (χ1n) is 4.77. The second-order valence-corrected chi connectivity index (χ2v) is 4.20. The lowest BCUT2D eigenvalue weighted by atomic mass is 10.4. The molecule has 8 heteroatoms. The fourth-order valence-corrected chi connectivity index (χ4v) is 1.97. The average molecular weight is 253 g/mol. The van der Waals surface area contributed by atoms with Gasteiger partial charge in [0.05, 0.1) is 5.75 Å². The first-order valence-corrected chi connectivity index (χ1v) is 5.75. The largest absolute Gasteiger partial charge is 0.455 e. The molecule has 7 nitrogen and oxygen atoms in total. The number of aryl methyl sites for hydroxylation is 1. The fraction of sp³-hybridized carbons (Fsp3) is 0.222. The highest BCUT2D eigenvalue weighted by Crippen LogP contribution is 2.21. The van der Waals surface area contributed by atoms with Crippen LogP contribution in [-0.4, -0.2) is 20.7 Å². The van der Waals surface area contributed by atoms with E-state index in [2.05, 4.69) is 10.2 Å². The molecule has 0 atom stereocenters. The van der Waals surface area contributed by atoms with Crippen molar-refractivity contribution in [3.63, 3.8) is 0 Å². The summed E-state index contributed by atoms with van der Waals surface area (Å²) >= 11 is 1.47. The Morgan fingerprint density at radius 3 is 3.12 bits per heavy atom. The lowest BCUT2D eigenvalue weighted by Crippen LogP contribution is -2.29. The molecule has 2 aromatic heterocycles. The third-order valence-corrected chi connectivity index (χ3v) is 3.09. The molecule has 0 aliphatic carbocycles. The van der Waals surface area contributed by atoms with Crippen LogP contribution in [0.3, 0.4) is 0 Å². The zero-order valence-corrected chi connectivity index (χ0v) is 9.90. The maximum atomic E-state index is 11.2. The molecule has 2 heterocycles. The van der Waals surface area contributed by atoms with Crippen LogP contribution in [0.15, 0.2) is 28.0 Å². The van der Waals surface area contributed by atoms with E-state index in [1.807, 2.05) is 12.5 Å². The quantitative estimate of drug-likeness (QED) is 0.352. The number of hydrogen-bond donors (Lipinski definition) is 2. The van der Waals surface area contributed by atoms with Crippen LogP contribution in [0.4, 0.5) is 0 Å². The molecule has 0 aliphatic heterocycles. The van der Waals surface area contributed by atoms with Crippen LogP contribution in [0, 0.1) is 0 Å². The van der Waals surface area contributed by atoms with Crippen molar-refractivity contribution < 1.29 is 9.21 Å². The topological polar surface area (TPSA) is 99.0 Å². The summed E-state index contributed by atoms with van der Waals surface area (Å²) in [5.74, 6) is 6.00. The number of nitrogens with two attached hydrogens (primary N) is 1. The third kappa shape index (κ3) is 2.66. The van der Waals surface area contributed by atoms with E-state index in [-0.39, 0.29) is 5.76 Å². The monoisotopic (exact) mass is 253 g/mol. The van der Waals surface area contributed by atoms with Crippen molar-refractivity contribution in [2.24, 2.45) is 12.9 Å². The van der Waals surface area contributed by atoms with Crippen molar-refractivity contribution >= 4 is 17.7 Å². The summed E-state index contributed by atoms with van der Waals surface area (Å²) in [5, 5.41) is 8.47. The fourth-order valence-electron chi connectivity index (χ4n) is 1.19. The number of furan rings is 1. The number of nitrogens with zero attached hydrogens (tertiary/aromatic N) is 3. The number of thioether (sulfide) groups is 1. The molecule has 3 N–H and O–H groups in total. The smallest absolute Gasteiger partial charge is 0.300 e. The molecule has 0 aromatic carbocycles. The minimum absolute atomic E-state index is 0.195. The van der Waals surface area contributed by atoms with E-state index in [9.17, 15) is 4.79 Å². The van der Waals surface area contributed by atoms with Gasteiger partial charge < -0.3 is 8.98 Å². The van der Waals surface area contributed by atoms with Crippen molar-refractivity contribution in [3.8, 4) is 0 Å². The normalized spacial score (nSPS) is 10.5. The van der Waals surface area contributed by atoms with Crippen LogP contribution in [0.1, 0.15) is 16.3 Å². The van der Waals surface area contributed by atoms with E-state index in [1.165, 1.54) is 11.8 Å². The molecule has 0 bridgehead atoms. The van der Waals surface area contributed by atoms with Gasteiger partial charge in [-0.1, -0.05) is 11.8 Å². The van der Waals surface area contributed by atoms with Crippen LogP contribution in [-0.2, 0) is 12.8 Å². The predicted molar refractivity (Wildman–Crippen MR) is 60.9 cm³/mol. The van der Waals surface area contributed by atoms with Crippen molar-refractivity contribution in [1.82, 2.24) is 20.2 Å². The van der Waals surface area contributed by atoms with Crippen molar-refractivity contribution in [2.45, 2.75) is 10.9 Å². The Labute approximate surface area is 101 Å². The van der Waals surface area contributed by atoms with Crippen LogP contribution in [0.25, 0.3) is 0 Å². The van der Waals surface area contributed by atoms with Crippen molar-refractivity contribution in [3.05, 3.63) is 30.0 Å². The summed E-state index contributed by atoms with van der Waals surface area (Å²) in [7, 11) is 1.86. The molecule has 2 aromatic rings. The summed E-state index contributed by atoms with van der Waals surface area (Å²) in [6.45, 7) is 0. The Kier molecular flexibility index (Phi) is 3.45. The summed E-state index contributed by atoms with van der Waals surface area (Å²) in [5.41, 5.74) is 2.01. The van der Waals surface area contributed by atoms with Gasteiger partial charge in [0, 0.05) is 7.05 Å². The average Bonchev–Trinajstić information content (AvgIpc) is 2.94. The van der Waals surface area contributed by atoms with Gasteiger partial charge in [0.1, 0.15) is 12.1 Å². The van der Waals surface area contributed by atoms with E-state index < -0.39 is 5.91 Å². The molecule has 0 spiro atoms. The molecule has 0 fully saturated rings. The van der Waals surface area contributed by atoms with Gasteiger partial charge in [-0.15, -0.1) is 10.2 Å². The SMILES string of the molecule is Cn1cnnc1SCc1ccc(C(=O)NN)o1. The number of carbonyl (C=O) groups is 1. The minimum Gasteiger partial charge on any atom is -0.455 e. The molecule has 17 heavy (non-hydrogen) atoms. The molecule has 0 aliphatic rings. The van der Waals surface area contributed by atoms with Gasteiger partial charge in [-0.3, -0.25) is 10.2 Å². The molecule has 0 unspecified atom stereocenters. The molecule has 1 amide bonds. The van der Waals surface area contributed by atoms with Gasteiger partial charge in [0.15, 0.2) is 10.9 Å². The van der Waals surface area contributed by atoms with Crippen molar-refractivity contribution in [2.75, 3.05) is 0 Å². The highest BCUT2D eigenvalue weighted by Gasteiger charge is 2.10. The van der Waals surface area contributed by atoms with Gasteiger partial charge in [-0.05, 0) is 12.1 Å². The summed E-state index contributed by atoms with van der Waals surface area (Å²) in [4.78, 5) is 11.2. The number of nitrogens with one attached hydrogen (secondary N) is 1. The standard InChI is InChI=1S/C9H11N5O2S/c1-14-5-11-13-9(14)17-4-6-2-3-7(16-6)8(15)12-10/h2-3,5H,4,10H2,1H3,(H,12,15). The van der Waals surface area contributed by atoms with E-state index in [0.29, 0.717) is 11.5 Å². The van der Waals surface area contributed by atoms with Crippen LogP contribution in [0.5, 0.6) is 0 Å². The molecule has 0 saturated heterocycles. The van der Waals surface area contributed by atoms with E-state index >= 15 is 0 Å². The second-order valence-electron chi connectivity index (χ2n) is 3.25. The number of nitrogen functional groups attached to an aromatic ring is 1. The number of rotatable bonds is 4. The zero-order valence-electron chi connectivity index (χ0n) is 9.08. The minimum atomic E-state index is -0.445. The highest BCUT2D eigenvalue weighted by atomic mass is 32.2. The molecule has 0 saturated carbocycles. The number of hydrogen-bond acceptors (Lipinski definition) is 6. The van der Waals surface area contributed by atoms with Crippen LogP contribution >= 0.6 is 11.8 Å². The Balaban J connectivity index is 1.98. The number of hydrazine groups is 1. The highest BCUT2D eigenvalue weighted by molar-refractivity contribution is 7.98. The van der Waals surface area contributed by atoms with Gasteiger partial charge in [-0.25, -0.2) is 5.84 Å². The second kappa shape index (κ2) is 5.02. The maximum Gasteiger partial charge on any atom is 0.300 e. The van der Waals surface area contributed by atoms with E-state index in [4.69, 9.17) is 10.3 Å². The first-order chi connectivity index (χ1) is 8.20. The van der Waals surface area contributed by atoms with Crippen molar-refractivity contribution in [1.29, 1.82) is 0 Å². The zero-order chi connectivity index (χ0) is 12.3. The lowest BCUT2D eigenvalue weighted by molar-refractivity contribution is 0.0924. The summed E-state index contributed by atoms with van der Waals surface area (Å²) in [6.07, 6.45) is 1.62.